The predicted molar refractivity (Wildman–Crippen MR) is 101 cm³/mol. The summed E-state index contributed by atoms with van der Waals surface area (Å²) >= 11 is 0. The number of halogens is 1. The van der Waals surface area contributed by atoms with Crippen LogP contribution in [0.4, 0.5) is 10.1 Å². The summed E-state index contributed by atoms with van der Waals surface area (Å²) in [4.78, 5) is 12.3. The summed E-state index contributed by atoms with van der Waals surface area (Å²) in [5.74, 6) is -0.159. The molecule has 4 rings (SSSR count). The van der Waals surface area contributed by atoms with Crippen molar-refractivity contribution in [2.75, 3.05) is 18.4 Å². The maximum Gasteiger partial charge on any atom is 0.343 e. The van der Waals surface area contributed by atoms with Crippen molar-refractivity contribution < 1.29 is 27.1 Å². The van der Waals surface area contributed by atoms with E-state index in [2.05, 4.69) is 11.3 Å². The van der Waals surface area contributed by atoms with Crippen LogP contribution in [-0.4, -0.2) is 28.1 Å². The van der Waals surface area contributed by atoms with E-state index >= 15 is 0 Å². The van der Waals surface area contributed by atoms with Crippen LogP contribution in [0.25, 0.3) is 6.08 Å². The van der Waals surface area contributed by atoms with Gasteiger partial charge in [0.05, 0.1) is 24.3 Å². The molecule has 2 aromatic rings. The number of anilines is 1. The van der Waals surface area contributed by atoms with Crippen molar-refractivity contribution in [1.82, 2.24) is 0 Å². The van der Waals surface area contributed by atoms with Gasteiger partial charge in [0.2, 0.25) is 0 Å². The van der Waals surface area contributed by atoms with Gasteiger partial charge in [-0.15, -0.1) is 0 Å². The number of benzene rings is 2. The van der Waals surface area contributed by atoms with E-state index in [0.29, 0.717) is 24.2 Å². The molecule has 1 aliphatic carbocycles. The third kappa shape index (κ3) is 3.03. The molecule has 1 N–H and O–H groups in total. The molecule has 0 aromatic heterocycles. The topological polar surface area (TPSA) is 81.7 Å². The first kappa shape index (κ1) is 18.5. The summed E-state index contributed by atoms with van der Waals surface area (Å²) in [6.45, 7) is 4.01. The lowest BCUT2D eigenvalue weighted by molar-refractivity contribution is 0.0596. The van der Waals surface area contributed by atoms with E-state index in [1.54, 1.807) is 6.07 Å². The van der Waals surface area contributed by atoms with Gasteiger partial charge in [-0.25, -0.2) is 17.6 Å². The second-order valence-electron chi connectivity index (χ2n) is 6.80. The first-order valence-electron chi connectivity index (χ1n) is 8.68. The second-order valence-corrected chi connectivity index (χ2v) is 8.45. The standard InChI is InChI=1S/C20H18FNO5S/c1-3-11-8-13(21)4-7-17(11)28(24,25)22-16-6-5-14-15-9-12(15)10-27-19(14)18(16)20(23)26-2/h3-8,12,15,22H,1,9-10H2,2H3/t12?,15-/m0/s1. The Kier molecular flexibility index (Phi) is 4.38. The van der Waals surface area contributed by atoms with Crippen LogP contribution in [0.1, 0.15) is 33.8 Å². The Morgan fingerprint density at radius 1 is 1.36 bits per heavy atom. The highest BCUT2D eigenvalue weighted by Gasteiger charge is 2.45. The van der Waals surface area contributed by atoms with Gasteiger partial charge in [0, 0.05) is 5.92 Å². The molecule has 0 radical (unpaired) electrons. The molecule has 1 unspecified atom stereocenters. The molecule has 146 valence electrons. The van der Waals surface area contributed by atoms with Crippen molar-refractivity contribution in [2.24, 2.45) is 5.92 Å². The fourth-order valence-electron chi connectivity index (χ4n) is 3.56. The minimum absolute atomic E-state index is 0.0381. The fraction of sp³-hybridized carbons (Fsp3) is 0.250. The number of sulfonamides is 1. The van der Waals surface area contributed by atoms with Gasteiger partial charge in [0.25, 0.3) is 10.0 Å². The van der Waals surface area contributed by atoms with Crippen LogP contribution < -0.4 is 9.46 Å². The number of rotatable bonds is 5. The molecule has 1 heterocycles. The van der Waals surface area contributed by atoms with E-state index in [1.165, 1.54) is 19.3 Å². The Labute approximate surface area is 162 Å². The quantitative estimate of drug-likeness (QED) is 0.772. The van der Waals surface area contributed by atoms with E-state index in [1.807, 2.05) is 0 Å². The number of esters is 1. The lowest BCUT2D eigenvalue weighted by atomic mass is 10.0. The molecule has 1 aliphatic heterocycles. The maximum atomic E-state index is 13.5. The average Bonchev–Trinajstić information content (AvgIpc) is 3.46. The Balaban J connectivity index is 1.80. The summed E-state index contributed by atoms with van der Waals surface area (Å²) < 4.78 is 52.3. The molecule has 6 nitrogen and oxygen atoms in total. The zero-order valence-corrected chi connectivity index (χ0v) is 15.9. The van der Waals surface area contributed by atoms with Gasteiger partial charge in [-0.3, -0.25) is 4.72 Å². The zero-order chi connectivity index (χ0) is 20.1. The van der Waals surface area contributed by atoms with Crippen molar-refractivity contribution >= 4 is 27.8 Å². The lowest BCUT2D eigenvalue weighted by Gasteiger charge is -2.22. The van der Waals surface area contributed by atoms with Crippen LogP contribution in [0.2, 0.25) is 0 Å². The SMILES string of the molecule is C=Cc1cc(F)ccc1S(=O)(=O)Nc1ccc2c(c1C(=O)OC)OCC1C[C@H]21. The minimum Gasteiger partial charge on any atom is -0.492 e. The van der Waals surface area contributed by atoms with Crippen molar-refractivity contribution in [3.63, 3.8) is 0 Å². The average molecular weight is 403 g/mol. The molecular weight excluding hydrogens is 385 g/mol. The number of methoxy groups -OCH3 is 1. The highest BCUT2D eigenvalue weighted by atomic mass is 32.2. The minimum atomic E-state index is -4.12. The maximum absolute atomic E-state index is 13.5. The van der Waals surface area contributed by atoms with Crippen LogP contribution in [-0.2, 0) is 14.8 Å². The number of fused-ring (bicyclic) bond motifs is 3. The van der Waals surface area contributed by atoms with Crippen molar-refractivity contribution in [3.05, 3.63) is 59.4 Å². The summed E-state index contributed by atoms with van der Waals surface area (Å²) in [6, 6.07) is 6.57. The molecule has 1 saturated carbocycles. The molecule has 8 heteroatoms. The molecule has 2 atom stereocenters. The van der Waals surface area contributed by atoms with Crippen LogP contribution in [0.5, 0.6) is 5.75 Å². The van der Waals surface area contributed by atoms with Gasteiger partial charge in [-0.2, -0.15) is 0 Å². The van der Waals surface area contributed by atoms with Crippen LogP contribution in [0.15, 0.2) is 41.8 Å². The molecule has 0 bridgehead atoms. The Bertz CT molecular complexity index is 1100. The molecular formula is C20H18FNO5S. The fourth-order valence-corrected chi connectivity index (χ4v) is 4.83. The van der Waals surface area contributed by atoms with E-state index in [4.69, 9.17) is 9.47 Å². The summed E-state index contributed by atoms with van der Waals surface area (Å²) in [7, 11) is -2.90. The monoisotopic (exact) mass is 403 g/mol. The third-order valence-electron chi connectivity index (χ3n) is 5.07. The van der Waals surface area contributed by atoms with Crippen LogP contribution in [0.3, 0.4) is 0 Å². The second kappa shape index (κ2) is 6.63. The summed E-state index contributed by atoms with van der Waals surface area (Å²) in [5, 5.41) is 0. The molecule has 0 spiro atoms. The first-order valence-corrected chi connectivity index (χ1v) is 10.2. The highest BCUT2D eigenvalue weighted by Crippen LogP contribution is 2.55. The van der Waals surface area contributed by atoms with Crippen molar-refractivity contribution in [2.45, 2.75) is 17.2 Å². The molecule has 2 aliphatic rings. The molecule has 0 saturated heterocycles. The van der Waals surface area contributed by atoms with Crippen molar-refractivity contribution in [3.8, 4) is 5.75 Å². The number of carbonyl (C=O) groups excluding carboxylic acids is 1. The molecule has 1 fully saturated rings. The van der Waals surface area contributed by atoms with Gasteiger partial charge in [0.15, 0.2) is 0 Å². The van der Waals surface area contributed by atoms with E-state index in [0.717, 1.165) is 30.2 Å². The van der Waals surface area contributed by atoms with Crippen LogP contribution >= 0.6 is 0 Å². The number of carbonyl (C=O) groups is 1. The van der Waals surface area contributed by atoms with Gasteiger partial charge in [-0.05, 0) is 47.7 Å². The molecule has 0 amide bonds. The van der Waals surface area contributed by atoms with Crippen LogP contribution in [0, 0.1) is 11.7 Å². The summed E-state index contributed by atoms with van der Waals surface area (Å²) in [6.07, 6.45) is 2.24. The Morgan fingerprint density at radius 2 is 2.14 bits per heavy atom. The lowest BCUT2D eigenvalue weighted by Crippen LogP contribution is -2.20. The van der Waals surface area contributed by atoms with E-state index in [9.17, 15) is 17.6 Å². The van der Waals surface area contributed by atoms with Gasteiger partial charge >= 0.3 is 5.97 Å². The van der Waals surface area contributed by atoms with Gasteiger partial charge in [0.1, 0.15) is 17.1 Å². The Morgan fingerprint density at radius 3 is 2.86 bits per heavy atom. The van der Waals surface area contributed by atoms with Gasteiger partial charge < -0.3 is 9.47 Å². The van der Waals surface area contributed by atoms with E-state index < -0.39 is 21.8 Å². The zero-order valence-electron chi connectivity index (χ0n) is 15.1. The third-order valence-corrected chi connectivity index (χ3v) is 6.51. The van der Waals surface area contributed by atoms with Crippen molar-refractivity contribution in [1.29, 1.82) is 0 Å². The van der Waals surface area contributed by atoms with E-state index in [-0.39, 0.29) is 21.7 Å². The first-order chi connectivity index (χ1) is 13.4. The number of hydrogen-bond acceptors (Lipinski definition) is 5. The largest absolute Gasteiger partial charge is 0.492 e. The molecule has 28 heavy (non-hydrogen) atoms. The number of hydrogen-bond donors (Lipinski definition) is 1. The summed E-state index contributed by atoms with van der Waals surface area (Å²) in [5.41, 5.74) is 1.08. The highest BCUT2D eigenvalue weighted by molar-refractivity contribution is 7.92. The van der Waals surface area contributed by atoms with Gasteiger partial charge in [-0.1, -0.05) is 18.7 Å². The predicted octanol–water partition coefficient (Wildman–Crippen LogP) is 3.55. The normalized spacial score (nSPS) is 19.6. The molecule has 2 aromatic carbocycles. The Hall–Kier alpha value is -2.87. The smallest absolute Gasteiger partial charge is 0.343 e. The number of nitrogens with one attached hydrogen (secondary N) is 1. The number of ether oxygens (including phenoxy) is 2.